The Morgan fingerprint density at radius 2 is 1.35 bits per heavy atom. The van der Waals surface area contributed by atoms with E-state index in [0.717, 1.165) is 12.5 Å². The first kappa shape index (κ1) is 54.5. The number of aliphatic carboxylic acids is 1. The minimum absolute atomic E-state index is 0.0421. The first-order valence-electron chi connectivity index (χ1n) is 21.6. The van der Waals surface area contributed by atoms with Gasteiger partial charge in [-0.05, 0) is 62.1 Å². The summed E-state index contributed by atoms with van der Waals surface area (Å²) >= 11 is 0. The van der Waals surface area contributed by atoms with Crippen molar-refractivity contribution in [1.29, 1.82) is 0 Å². The largest absolute Gasteiger partial charge is 0.481 e. The van der Waals surface area contributed by atoms with E-state index in [1.54, 1.807) is 59.8 Å². The van der Waals surface area contributed by atoms with Crippen LogP contribution >= 0.6 is 0 Å². The Morgan fingerprint density at radius 3 is 1.94 bits per heavy atom. The zero-order valence-corrected chi connectivity index (χ0v) is 38.5. The maximum absolute atomic E-state index is 14.0. The summed E-state index contributed by atoms with van der Waals surface area (Å²) in [5.41, 5.74) is 7.49. The third kappa shape index (κ3) is 18.2. The molecule has 1 aromatic rings. The number of benzene rings is 1. The van der Waals surface area contributed by atoms with Gasteiger partial charge in [-0.15, -0.1) is 0 Å². The fourth-order valence-corrected chi connectivity index (χ4v) is 6.08. The molecule has 1 aliphatic heterocycles. The van der Waals surface area contributed by atoms with Crippen molar-refractivity contribution < 1.29 is 53.0 Å². The van der Waals surface area contributed by atoms with Crippen molar-refractivity contribution in [3.05, 3.63) is 71.8 Å². The number of nitrogens with one attached hydrogen (secondary N) is 7. The van der Waals surface area contributed by atoms with Gasteiger partial charge in [-0.1, -0.05) is 102 Å². The van der Waals surface area contributed by atoms with Gasteiger partial charge in [-0.2, -0.15) is 0 Å². The lowest BCUT2D eigenvalue weighted by atomic mass is 9.99. The molecule has 2 rings (SSSR count). The molecule has 2 unspecified atom stereocenters. The molecule has 0 radical (unpaired) electrons. The molecular formula is C46H66N8O11. The van der Waals surface area contributed by atoms with E-state index in [2.05, 4.69) is 37.2 Å². The zero-order chi connectivity index (χ0) is 49.0. The van der Waals surface area contributed by atoms with E-state index in [0.29, 0.717) is 5.56 Å². The highest BCUT2D eigenvalue weighted by Crippen LogP contribution is 2.14. The van der Waals surface area contributed by atoms with Crippen LogP contribution in [-0.2, 0) is 47.9 Å². The number of cyclic esters (lactones) is 1. The van der Waals surface area contributed by atoms with Crippen LogP contribution in [0.25, 0.3) is 12.2 Å². The lowest BCUT2D eigenvalue weighted by Crippen LogP contribution is -2.63. The minimum atomic E-state index is -1.92. The monoisotopic (exact) mass is 906 g/mol. The van der Waals surface area contributed by atoms with Crippen LogP contribution in [0.15, 0.2) is 60.7 Å². The second-order valence-corrected chi connectivity index (χ2v) is 16.8. The van der Waals surface area contributed by atoms with Gasteiger partial charge in [-0.25, -0.2) is 4.79 Å². The van der Waals surface area contributed by atoms with E-state index in [4.69, 9.17) is 10.5 Å². The molecule has 65 heavy (non-hydrogen) atoms. The molecule has 0 aromatic heterocycles. The summed E-state index contributed by atoms with van der Waals surface area (Å²) in [5.74, 6) is -11.6. The Kier molecular flexibility index (Phi) is 22.5. The van der Waals surface area contributed by atoms with E-state index in [9.17, 15) is 48.3 Å². The maximum Gasteiger partial charge on any atom is 0.329 e. The Hall–Kier alpha value is -6.63. The average molecular weight is 907 g/mol. The van der Waals surface area contributed by atoms with E-state index >= 15 is 0 Å². The quantitative estimate of drug-likeness (QED) is 0.0598. The van der Waals surface area contributed by atoms with Crippen molar-refractivity contribution in [3.63, 3.8) is 0 Å². The minimum Gasteiger partial charge on any atom is -0.481 e. The number of amides is 7. The normalized spacial score (nSPS) is 22.0. The molecule has 356 valence electrons. The maximum atomic E-state index is 14.0. The number of ether oxygens (including phenoxy) is 1. The Bertz CT molecular complexity index is 1990. The fourth-order valence-electron chi connectivity index (χ4n) is 6.08. The number of carbonyl (C=O) groups excluding carboxylic acids is 8. The van der Waals surface area contributed by atoms with E-state index < -0.39 is 121 Å². The fraction of sp³-hybridized carbons (Fsp3) is 0.500. The smallest absolute Gasteiger partial charge is 0.329 e. The van der Waals surface area contributed by atoms with Crippen LogP contribution in [0, 0.1) is 23.7 Å². The first-order chi connectivity index (χ1) is 30.6. The molecule has 7 amide bonds. The Labute approximate surface area is 380 Å². The third-order valence-corrected chi connectivity index (χ3v) is 10.2. The number of carboxylic acids is 1. The first-order valence-corrected chi connectivity index (χ1v) is 21.6. The number of allylic oxidation sites excluding steroid dienone is 5. The highest BCUT2D eigenvalue weighted by Gasteiger charge is 2.39. The van der Waals surface area contributed by atoms with Gasteiger partial charge >= 0.3 is 11.9 Å². The van der Waals surface area contributed by atoms with Crippen LogP contribution < -0.4 is 43.0 Å². The lowest BCUT2D eigenvalue weighted by molar-refractivity contribution is -0.157. The van der Waals surface area contributed by atoms with Crippen molar-refractivity contribution in [2.75, 3.05) is 13.2 Å². The summed E-state index contributed by atoms with van der Waals surface area (Å²) in [7, 11) is 0. The van der Waals surface area contributed by atoms with Gasteiger partial charge < -0.3 is 52.8 Å². The number of rotatable bonds is 17. The molecule has 1 fully saturated rings. The van der Waals surface area contributed by atoms with Crippen molar-refractivity contribution in [2.45, 2.75) is 111 Å². The predicted octanol–water partition coefficient (Wildman–Crippen LogP) is 0.853. The van der Waals surface area contributed by atoms with Gasteiger partial charge in [-0.3, -0.25) is 38.4 Å². The average Bonchev–Trinajstić information content (AvgIpc) is 3.24. The SMILES string of the molecule is C/C=C/C=C/C=C/c1ccccc1/C=C/C(=O)NC(C)C(=O)N[C@@H]1COC(=O)[C@H]([C@H](C)C(=O)O)NC(=O)[C@H](CNC(=O)C(N)C(C)C)NC(=O)[C@H](C(C)C)NC(=O)[C@@H](CC(C)C)NC1=O. The van der Waals surface area contributed by atoms with Gasteiger partial charge in [0.15, 0.2) is 0 Å². The van der Waals surface area contributed by atoms with Crippen LogP contribution in [-0.4, -0.2) is 114 Å². The molecule has 0 aliphatic carbocycles. The zero-order valence-electron chi connectivity index (χ0n) is 38.5. The molecule has 1 saturated heterocycles. The lowest BCUT2D eigenvalue weighted by Gasteiger charge is -2.30. The summed E-state index contributed by atoms with van der Waals surface area (Å²) in [5, 5.41) is 27.3. The molecule has 0 saturated carbocycles. The van der Waals surface area contributed by atoms with Gasteiger partial charge in [0.05, 0.1) is 12.0 Å². The molecule has 8 atom stereocenters. The van der Waals surface area contributed by atoms with Crippen LogP contribution in [0.1, 0.15) is 79.9 Å². The highest BCUT2D eigenvalue weighted by molar-refractivity contribution is 5.99. The number of esters is 1. The van der Waals surface area contributed by atoms with Crippen molar-refractivity contribution >= 4 is 65.4 Å². The molecule has 1 heterocycles. The summed E-state index contributed by atoms with van der Waals surface area (Å²) in [6.45, 7) is 13.0. The molecule has 0 bridgehead atoms. The van der Waals surface area contributed by atoms with Crippen molar-refractivity contribution in [3.8, 4) is 0 Å². The Morgan fingerprint density at radius 1 is 0.769 bits per heavy atom. The van der Waals surface area contributed by atoms with Crippen LogP contribution in [0.2, 0.25) is 0 Å². The molecule has 1 aromatic carbocycles. The molecule has 19 heteroatoms. The van der Waals surface area contributed by atoms with E-state index in [1.807, 2.05) is 55.5 Å². The molecule has 19 nitrogen and oxygen atoms in total. The van der Waals surface area contributed by atoms with E-state index in [-0.39, 0.29) is 18.3 Å². The predicted molar refractivity (Wildman–Crippen MR) is 244 cm³/mol. The second kappa shape index (κ2) is 26.9. The third-order valence-electron chi connectivity index (χ3n) is 10.2. The van der Waals surface area contributed by atoms with Crippen LogP contribution in [0.4, 0.5) is 0 Å². The van der Waals surface area contributed by atoms with Crippen molar-refractivity contribution in [2.24, 2.45) is 29.4 Å². The van der Waals surface area contributed by atoms with Crippen LogP contribution in [0.3, 0.4) is 0 Å². The molecule has 0 spiro atoms. The standard InChI is InChI=1S/C46H66N8O11/c1-10-11-12-13-14-17-30-18-15-16-19-31(30)20-21-35(55)49-29(9)39(56)52-34-24-65-46(64)38(28(8)45(62)63)54-41(58)33(23-48-43(60)36(47)26(4)5)51-44(61)37(27(6)7)53-40(57)32(22-25(2)3)50-42(34)59/h10-21,25-29,32-34,36-38H,22-24,47H2,1-9H3,(H,48,60)(H,49,55)(H,50,59)(H,51,61)(H,52,56)(H,53,57)(H,54,58)(H,62,63)/b11-10+,13-12+,17-14+,21-20+/t28-,29?,32+,33-,34+,36?,37-,38-/m0/s1. The molecule has 10 N–H and O–H groups in total. The second-order valence-electron chi connectivity index (χ2n) is 16.8. The topological polar surface area (TPSA) is 293 Å². The van der Waals surface area contributed by atoms with Crippen LogP contribution in [0.5, 0.6) is 0 Å². The summed E-state index contributed by atoms with van der Waals surface area (Å²) in [6, 6.07) is -2.86. The number of nitrogens with two attached hydrogens (primary N) is 1. The van der Waals surface area contributed by atoms with Gasteiger partial charge in [0.1, 0.15) is 42.9 Å². The number of hydrogen-bond acceptors (Lipinski definition) is 11. The number of hydrogen-bond donors (Lipinski definition) is 9. The van der Waals surface area contributed by atoms with Crippen molar-refractivity contribution in [1.82, 2.24) is 37.2 Å². The molecule has 1 aliphatic rings. The highest BCUT2D eigenvalue weighted by atomic mass is 16.5. The molecular weight excluding hydrogens is 841 g/mol. The Balaban J connectivity index is 2.52. The van der Waals surface area contributed by atoms with E-state index in [1.165, 1.54) is 13.0 Å². The number of carbonyl (C=O) groups is 9. The van der Waals surface area contributed by atoms with Gasteiger partial charge in [0, 0.05) is 12.6 Å². The van der Waals surface area contributed by atoms with Gasteiger partial charge in [0.25, 0.3) is 0 Å². The number of carboxylic acid groups (broad SMARTS) is 1. The summed E-state index contributed by atoms with van der Waals surface area (Å²) in [6.07, 6.45) is 14.0. The van der Waals surface area contributed by atoms with Gasteiger partial charge in [0.2, 0.25) is 41.4 Å². The summed E-state index contributed by atoms with van der Waals surface area (Å²) in [4.78, 5) is 121. The summed E-state index contributed by atoms with van der Waals surface area (Å²) < 4.78 is 5.39.